The third-order valence-electron chi connectivity index (χ3n) is 4.51. The quantitative estimate of drug-likeness (QED) is 0.839. The van der Waals surface area contributed by atoms with E-state index in [4.69, 9.17) is 4.74 Å². The highest BCUT2D eigenvalue weighted by atomic mass is 19.1. The lowest BCUT2D eigenvalue weighted by molar-refractivity contribution is -0.151. The van der Waals surface area contributed by atoms with Gasteiger partial charge >= 0.3 is 0 Å². The van der Waals surface area contributed by atoms with Crippen LogP contribution in [-0.2, 0) is 9.53 Å². The van der Waals surface area contributed by atoms with Crippen LogP contribution >= 0.6 is 0 Å². The van der Waals surface area contributed by atoms with E-state index in [1.54, 1.807) is 17.0 Å². The first kappa shape index (κ1) is 14.0. The summed E-state index contributed by atoms with van der Waals surface area (Å²) in [6.45, 7) is 1.56. The molecule has 0 spiro atoms. The molecule has 1 aromatic carbocycles. The molecule has 1 aromatic rings. The molecule has 2 heterocycles. The van der Waals surface area contributed by atoms with E-state index < -0.39 is 5.41 Å². The number of hydrogen-bond acceptors (Lipinski definition) is 3. The Morgan fingerprint density at radius 1 is 1.33 bits per heavy atom. The van der Waals surface area contributed by atoms with Crippen LogP contribution in [0.3, 0.4) is 0 Å². The Hall–Kier alpha value is -1.93. The lowest BCUT2D eigenvalue weighted by Gasteiger charge is -2.45. The van der Waals surface area contributed by atoms with Gasteiger partial charge in [0, 0.05) is 19.8 Å². The Balaban J connectivity index is 1.79. The van der Waals surface area contributed by atoms with Gasteiger partial charge in [-0.1, -0.05) is 12.1 Å². The van der Waals surface area contributed by atoms with Crippen molar-refractivity contribution in [3.63, 3.8) is 0 Å². The minimum Gasteiger partial charge on any atom is -0.381 e. The first-order valence-corrected chi connectivity index (χ1v) is 7.22. The fraction of sp³-hybridized carbons (Fsp3) is 0.500. The lowest BCUT2D eigenvalue weighted by Crippen LogP contribution is -2.53. The predicted octanol–water partition coefficient (Wildman–Crippen LogP) is 2.42. The second-order valence-corrected chi connectivity index (χ2v) is 5.66. The SMILES string of the molecule is N#CC1(C(=O)N2CCC2c2ccc(F)cc2)CCOCC1. The zero-order chi connectivity index (χ0) is 14.9. The van der Waals surface area contributed by atoms with Crippen molar-refractivity contribution >= 4 is 5.91 Å². The van der Waals surface area contributed by atoms with Gasteiger partial charge in [0.1, 0.15) is 11.2 Å². The maximum absolute atomic E-state index is 13.0. The van der Waals surface area contributed by atoms with E-state index in [1.807, 2.05) is 0 Å². The molecule has 0 radical (unpaired) electrons. The van der Waals surface area contributed by atoms with E-state index in [0.29, 0.717) is 32.6 Å². The number of benzene rings is 1. The molecule has 1 unspecified atom stereocenters. The molecule has 110 valence electrons. The first-order valence-electron chi connectivity index (χ1n) is 7.22. The Bertz CT molecular complexity index is 573. The highest BCUT2D eigenvalue weighted by Crippen LogP contribution is 2.40. The van der Waals surface area contributed by atoms with Gasteiger partial charge in [-0.2, -0.15) is 5.26 Å². The molecule has 2 saturated heterocycles. The van der Waals surface area contributed by atoms with E-state index in [1.165, 1.54) is 12.1 Å². The van der Waals surface area contributed by atoms with Crippen molar-refractivity contribution in [2.75, 3.05) is 19.8 Å². The molecule has 5 heteroatoms. The van der Waals surface area contributed by atoms with Gasteiger partial charge in [-0.15, -0.1) is 0 Å². The van der Waals surface area contributed by atoms with Crippen molar-refractivity contribution in [2.45, 2.75) is 25.3 Å². The molecule has 2 fully saturated rings. The van der Waals surface area contributed by atoms with Crippen molar-refractivity contribution < 1.29 is 13.9 Å². The normalized spacial score (nSPS) is 24.0. The van der Waals surface area contributed by atoms with Crippen molar-refractivity contribution in [3.8, 4) is 6.07 Å². The zero-order valence-electron chi connectivity index (χ0n) is 11.7. The predicted molar refractivity (Wildman–Crippen MR) is 73.6 cm³/mol. The zero-order valence-corrected chi connectivity index (χ0v) is 11.7. The third kappa shape index (κ3) is 2.40. The molecule has 21 heavy (non-hydrogen) atoms. The summed E-state index contributed by atoms with van der Waals surface area (Å²) in [4.78, 5) is 14.5. The van der Waals surface area contributed by atoms with Gasteiger partial charge in [0.05, 0.1) is 12.1 Å². The minimum atomic E-state index is -0.947. The van der Waals surface area contributed by atoms with Crippen molar-refractivity contribution in [1.82, 2.24) is 4.90 Å². The van der Waals surface area contributed by atoms with Crippen LogP contribution in [0.15, 0.2) is 24.3 Å². The van der Waals surface area contributed by atoms with Crippen molar-refractivity contribution in [3.05, 3.63) is 35.6 Å². The third-order valence-corrected chi connectivity index (χ3v) is 4.51. The fourth-order valence-electron chi connectivity index (χ4n) is 3.03. The largest absolute Gasteiger partial charge is 0.381 e. The molecule has 0 saturated carbocycles. The summed E-state index contributed by atoms with van der Waals surface area (Å²) in [5.41, 5.74) is -0.0205. The molecule has 4 nitrogen and oxygen atoms in total. The van der Waals surface area contributed by atoms with Crippen LogP contribution in [0.2, 0.25) is 0 Å². The molecular formula is C16H17FN2O2. The summed E-state index contributed by atoms with van der Waals surface area (Å²) in [7, 11) is 0. The Morgan fingerprint density at radius 3 is 2.52 bits per heavy atom. The van der Waals surface area contributed by atoms with Gasteiger partial charge in [0.25, 0.3) is 0 Å². The molecule has 2 aliphatic heterocycles. The summed E-state index contributed by atoms with van der Waals surface area (Å²) in [5.74, 6) is -0.386. The van der Waals surface area contributed by atoms with Crippen LogP contribution in [0.5, 0.6) is 0 Å². The van der Waals surface area contributed by atoms with Crippen LogP contribution in [0.1, 0.15) is 30.9 Å². The molecule has 0 bridgehead atoms. The topological polar surface area (TPSA) is 53.3 Å². The summed E-state index contributed by atoms with van der Waals surface area (Å²) >= 11 is 0. The van der Waals surface area contributed by atoms with Gasteiger partial charge in [-0.25, -0.2) is 4.39 Å². The van der Waals surface area contributed by atoms with Crippen LogP contribution in [0.4, 0.5) is 4.39 Å². The van der Waals surface area contributed by atoms with Crippen LogP contribution in [0, 0.1) is 22.6 Å². The molecule has 0 N–H and O–H groups in total. The van der Waals surface area contributed by atoms with E-state index in [9.17, 15) is 14.4 Å². The number of nitriles is 1. The van der Waals surface area contributed by atoms with Crippen molar-refractivity contribution in [1.29, 1.82) is 5.26 Å². The number of halogens is 1. The number of hydrogen-bond donors (Lipinski definition) is 0. The number of ether oxygens (including phenoxy) is 1. The number of carbonyl (C=O) groups is 1. The van der Waals surface area contributed by atoms with Gasteiger partial charge in [0.2, 0.25) is 5.91 Å². The second kappa shape index (κ2) is 5.45. The molecule has 2 aliphatic rings. The smallest absolute Gasteiger partial charge is 0.243 e. The van der Waals surface area contributed by atoms with Gasteiger partial charge in [-0.3, -0.25) is 4.79 Å². The number of nitrogens with zero attached hydrogens (tertiary/aromatic N) is 2. The average molecular weight is 288 g/mol. The molecule has 0 aromatic heterocycles. The minimum absolute atomic E-state index is 0.0360. The van der Waals surface area contributed by atoms with E-state index in [0.717, 1.165) is 12.0 Å². The molecule has 1 atom stereocenters. The summed E-state index contributed by atoms with van der Waals surface area (Å²) in [6, 6.07) is 8.42. The Labute approximate surface area is 123 Å². The van der Waals surface area contributed by atoms with Gasteiger partial charge in [0.15, 0.2) is 0 Å². The maximum Gasteiger partial charge on any atom is 0.243 e. The Morgan fingerprint density at radius 2 is 2.00 bits per heavy atom. The number of likely N-dealkylation sites (tertiary alicyclic amines) is 1. The summed E-state index contributed by atoms with van der Waals surface area (Å²) in [6.07, 6.45) is 1.76. The van der Waals surface area contributed by atoms with Gasteiger partial charge < -0.3 is 9.64 Å². The summed E-state index contributed by atoms with van der Waals surface area (Å²) in [5, 5.41) is 9.47. The maximum atomic E-state index is 13.0. The Kier molecular flexibility index (Phi) is 3.64. The lowest BCUT2D eigenvalue weighted by atomic mass is 9.78. The number of carbonyl (C=O) groups excluding carboxylic acids is 1. The number of rotatable bonds is 2. The van der Waals surface area contributed by atoms with Crippen LogP contribution in [0.25, 0.3) is 0 Å². The molecular weight excluding hydrogens is 271 g/mol. The highest BCUT2D eigenvalue weighted by Gasteiger charge is 2.47. The molecule has 0 aliphatic carbocycles. The standard InChI is InChI=1S/C16H17FN2O2/c17-13-3-1-12(2-4-13)14-5-8-19(14)15(20)16(11-18)6-9-21-10-7-16/h1-4,14H,5-10H2. The fourth-order valence-corrected chi connectivity index (χ4v) is 3.03. The first-order chi connectivity index (χ1) is 10.2. The molecule has 1 amide bonds. The van der Waals surface area contributed by atoms with E-state index in [-0.39, 0.29) is 17.8 Å². The monoisotopic (exact) mass is 288 g/mol. The average Bonchev–Trinajstić information content (AvgIpc) is 2.49. The van der Waals surface area contributed by atoms with Crippen molar-refractivity contribution in [2.24, 2.45) is 5.41 Å². The summed E-state index contributed by atoms with van der Waals surface area (Å²) < 4.78 is 18.3. The molecule has 3 rings (SSSR count). The van der Waals surface area contributed by atoms with E-state index in [2.05, 4.69) is 6.07 Å². The van der Waals surface area contributed by atoms with E-state index >= 15 is 0 Å². The van der Waals surface area contributed by atoms with Gasteiger partial charge in [-0.05, 0) is 37.0 Å². The second-order valence-electron chi connectivity index (χ2n) is 5.66. The van der Waals surface area contributed by atoms with Crippen LogP contribution in [-0.4, -0.2) is 30.6 Å². The highest BCUT2D eigenvalue weighted by molar-refractivity contribution is 5.86. The number of amides is 1. The van der Waals surface area contributed by atoms with Crippen LogP contribution < -0.4 is 0 Å².